The monoisotopic (exact) mass is 309 g/mol. The summed E-state index contributed by atoms with van der Waals surface area (Å²) in [5, 5.41) is 4.94. The maximum absolute atomic E-state index is 6.13. The number of rotatable bonds is 5. The Morgan fingerprint density at radius 3 is 2.55 bits per heavy atom. The molecule has 0 unspecified atom stereocenters. The molecule has 0 aliphatic rings. The van der Waals surface area contributed by atoms with Crippen LogP contribution in [-0.4, -0.2) is 26.5 Å². The topological polar surface area (TPSA) is 63.6 Å². The van der Waals surface area contributed by atoms with Crippen LogP contribution < -0.4 is 5.32 Å². The van der Waals surface area contributed by atoms with Crippen LogP contribution in [-0.2, 0) is 0 Å². The molecule has 0 aliphatic heterocycles. The van der Waals surface area contributed by atoms with Crippen LogP contribution in [0.5, 0.6) is 0 Å². The van der Waals surface area contributed by atoms with Gasteiger partial charge in [0, 0.05) is 17.9 Å². The van der Waals surface area contributed by atoms with E-state index in [1.165, 1.54) is 11.8 Å². The van der Waals surface area contributed by atoms with Crippen molar-refractivity contribution in [2.45, 2.75) is 37.4 Å². The zero-order chi connectivity index (χ0) is 14.5. The maximum atomic E-state index is 6.13. The van der Waals surface area contributed by atoms with Crippen molar-refractivity contribution in [3.05, 3.63) is 28.7 Å². The zero-order valence-corrected chi connectivity index (χ0v) is 13.2. The summed E-state index contributed by atoms with van der Waals surface area (Å²) >= 11 is 7.48. The van der Waals surface area contributed by atoms with Crippen LogP contribution in [0.25, 0.3) is 0 Å². The second kappa shape index (κ2) is 6.85. The van der Waals surface area contributed by atoms with Crippen LogP contribution in [0.3, 0.4) is 0 Å². The average Bonchev–Trinajstić information content (AvgIpc) is 2.38. The molecule has 0 atom stereocenters. The quantitative estimate of drug-likeness (QED) is 0.673. The zero-order valence-electron chi connectivity index (χ0n) is 11.6. The van der Waals surface area contributed by atoms with Gasteiger partial charge >= 0.3 is 0 Å². The van der Waals surface area contributed by atoms with E-state index in [-0.39, 0.29) is 0 Å². The summed E-state index contributed by atoms with van der Waals surface area (Å²) in [4.78, 5) is 17.3. The molecule has 0 saturated carbocycles. The summed E-state index contributed by atoms with van der Waals surface area (Å²) in [7, 11) is 0. The lowest BCUT2D eigenvalue weighted by atomic mass is 10.4. The fourth-order valence-corrected chi connectivity index (χ4v) is 2.61. The first-order valence-electron chi connectivity index (χ1n) is 6.35. The van der Waals surface area contributed by atoms with Crippen LogP contribution in [0.2, 0.25) is 5.02 Å². The van der Waals surface area contributed by atoms with Gasteiger partial charge in [-0.1, -0.05) is 18.5 Å². The molecular formula is C13H16ClN5S. The number of aromatic nitrogens is 4. The van der Waals surface area contributed by atoms with E-state index < -0.39 is 0 Å². The molecule has 0 amide bonds. The molecule has 7 heteroatoms. The van der Waals surface area contributed by atoms with Crippen molar-refractivity contribution >= 4 is 29.3 Å². The number of halogens is 1. The molecule has 2 aromatic heterocycles. The molecular weight excluding hydrogens is 294 g/mol. The van der Waals surface area contributed by atoms with Crippen molar-refractivity contribution in [3.8, 4) is 0 Å². The van der Waals surface area contributed by atoms with Crippen molar-refractivity contribution in [3.63, 3.8) is 0 Å². The number of hydrogen-bond acceptors (Lipinski definition) is 6. The third-order valence-corrected chi connectivity index (χ3v) is 3.65. The third kappa shape index (κ3) is 4.05. The van der Waals surface area contributed by atoms with Gasteiger partial charge in [0.25, 0.3) is 0 Å². The molecule has 2 aromatic rings. The Morgan fingerprint density at radius 1 is 1.20 bits per heavy atom. The van der Waals surface area contributed by atoms with Crippen molar-refractivity contribution in [1.29, 1.82) is 0 Å². The minimum absolute atomic E-state index is 0.500. The molecule has 2 rings (SSSR count). The van der Waals surface area contributed by atoms with Crippen LogP contribution in [0.4, 0.5) is 5.95 Å². The number of nitrogens with one attached hydrogen (secondary N) is 1. The Kier molecular flexibility index (Phi) is 5.14. The second-order valence-electron chi connectivity index (χ2n) is 4.31. The van der Waals surface area contributed by atoms with Crippen LogP contribution in [0.15, 0.2) is 22.4 Å². The summed E-state index contributed by atoms with van der Waals surface area (Å²) in [6.07, 6.45) is 2.60. The van der Waals surface area contributed by atoms with Gasteiger partial charge in [-0.25, -0.2) is 19.9 Å². The van der Waals surface area contributed by atoms with E-state index in [0.717, 1.165) is 24.4 Å². The SMILES string of the molecule is CCCNc1ncc(Cl)c(Sc2nc(C)cc(C)n2)n1. The lowest BCUT2D eigenvalue weighted by Gasteiger charge is -2.07. The largest absolute Gasteiger partial charge is 0.354 e. The van der Waals surface area contributed by atoms with Crippen LogP contribution in [0, 0.1) is 13.8 Å². The van der Waals surface area contributed by atoms with E-state index in [1.807, 2.05) is 19.9 Å². The first-order valence-corrected chi connectivity index (χ1v) is 7.54. The molecule has 106 valence electrons. The summed E-state index contributed by atoms with van der Waals surface area (Å²) in [6.45, 7) is 6.79. The number of nitrogens with zero attached hydrogens (tertiary/aromatic N) is 4. The Morgan fingerprint density at radius 2 is 1.90 bits per heavy atom. The maximum Gasteiger partial charge on any atom is 0.223 e. The van der Waals surface area contributed by atoms with Gasteiger partial charge in [-0.15, -0.1) is 0 Å². The van der Waals surface area contributed by atoms with Crippen molar-refractivity contribution in [1.82, 2.24) is 19.9 Å². The van der Waals surface area contributed by atoms with E-state index in [1.54, 1.807) is 6.20 Å². The second-order valence-corrected chi connectivity index (χ2v) is 5.67. The van der Waals surface area contributed by atoms with E-state index in [0.29, 0.717) is 21.2 Å². The fourth-order valence-electron chi connectivity index (χ4n) is 1.57. The minimum Gasteiger partial charge on any atom is -0.354 e. The highest BCUT2D eigenvalue weighted by molar-refractivity contribution is 7.99. The predicted octanol–water partition coefficient (Wildman–Crippen LogP) is 3.51. The number of anilines is 1. The number of aryl methyl sites for hydroxylation is 2. The Balaban J connectivity index is 2.23. The molecule has 0 saturated heterocycles. The Bertz CT molecular complexity index is 585. The number of hydrogen-bond donors (Lipinski definition) is 1. The summed E-state index contributed by atoms with van der Waals surface area (Å²) in [5.74, 6) is 0.572. The highest BCUT2D eigenvalue weighted by atomic mass is 35.5. The van der Waals surface area contributed by atoms with Gasteiger partial charge in [0.2, 0.25) is 5.95 Å². The smallest absolute Gasteiger partial charge is 0.223 e. The minimum atomic E-state index is 0.500. The van der Waals surface area contributed by atoms with E-state index in [9.17, 15) is 0 Å². The molecule has 5 nitrogen and oxygen atoms in total. The molecule has 0 aliphatic carbocycles. The lowest BCUT2D eigenvalue weighted by molar-refractivity contribution is 0.895. The van der Waals surface area contributed by atoms with Crippen molar-refractivity contribution in [2.24, 2.45) is 0 Å². The highest BCUT2D eigenvalue weighted by Crippen LogP contribution is 2.29. The average molecular weight is 310 g/mol. The van der Waals surface area contributed by atoms with Gasteiger partial charge in [-0.05, 0) is 38.1 Å². The predicted molar refractivity (Wildman–Crippen MR) is 81.5 cm³/mol. The van der Waals surface area contributed by atoms with Gasteiger partial charge in [0.1, 0.15) is 5.03 Å². The standard InChI is InChI=1S/C13H16ClN5S/c1-4-5-15-12-16-7-10(14)11(19-12)20-13-17-8(2)6-9(3)18-13/h6-7H,4-5H2,1-3H3,(H,15,16,19). The molecule has 0 fully saturated rings. The van der Waals surface area contributed by atoms with Crippen LogP contribution in [0.1, 0.15) is 24.7 Å². The van der Waals surface area contributed by atoms with Gasteiger partial charge in [0.15, 0.2) is 5.16 Å². The molecule has 20 heavy (non-hydrogen) atoms. The fraction of sp³-hybridized carbons (Fsp3) is 0.385. The lowest BCUT2D eigenvalue weighted by Crippen LogP contribution is -2.04. The van der Waals surface area contributed by atoms with Gasteiger partial charge in [-0.3, -0.25) is 0 Å². The Hall–Kier alpha value is -1.40. The van der Waals surface area contributed by atoms with E-state index in [2.05, 4.69) is 32.2 Å². The summed E-state index contributed by atoms with van der Waals surface area (Å²) in [6, 6.07) is 1.93. The normalized spacial score (nSPS) is 10.6. The molecule has 0 bridgehead atoms. The van der Waals surface area contributed by atoms with Crippen molar-refractivity contribution < 1.29 is 0 Å². The molecule has 2 heterocycles. The molecule has 0 radical (unpaired) electrons. The van der Waals surface area contributed by atoms with E-state index in [4.69, 9.17) is 11.6 Å². The molecule has 1 N–H and O–H groups in total. The molecule has 0 aromatic carbocycles. The van der Waals surface area contributed by atoms with Gasteiger partial charge in [0.05, 0.1) is 11.2 Å². The summed E-state index contributed by atoms with van der Waals surface area (Å²) in [5.41, 5.74) is 1.85. The van der Waals surface area contributed by atoms with E-state index >= 15 is 0 Å². The third-order valence-electron chi connectivity index (χ3n) is 2.39. The van der Waals surface area contributed by atoms with Crippen molar-refractivity contribution in [2.75, 3.05) is 11.9 Å². The van der Waals surface area contributed by atoms with Gasteiger partial charge < -0.3 is 5.32 Å². The van der Waals surface area contributed by atoms with Crippen LogP contribution >= 0.6 is 23.4 Å². The first-order chi connectivity index (χ1) is 9.58. The first kappa shape index (κ1) is 15.0. The highest BCUT2D eigenvalue weighted by Gasteiger charge is 2.10. The molecule has 0 spiro atoms. The summed E-state index contributed by atoms with van der Waals surface area (Å²) < 4.78 is 0. The Labute approximate surface area is 127 Å². The van der Waals surface area contributed by atoms with Gasteiger partial charge in [-0.2, -0.15) is 0 Å².